The van der Waals surface area contributed by atoms with Gasteiger partial charge in [-0.1, -0.05) is 0 Å². The zero-order valence-electron chi connectivity index (χ0n) is 12.0. The predicted molar refractivity (Wildman–Crippen MR) is 75.0 cm³/mol. The number of carboxylic acid groups (broad SMARTS) is 1. The van der Waals surface area contributed by atoms with Gasteiger partial charge in [0.25, 0.3) is 0 Å². The Kier molecular flexibility index (Phi) is 4.89. The summed E-state index contributed by atoms with van der Waals surface area (Å²) in [4.78, 5) is 25.3. The van der Waals surface area contributed by atoms with Crippen LogP contribution in [0.15, 0.2) is 6.20 Å². The summed E-state index contributed by atoms with van der Waals surface area (Å²) in [6.45, 7) is 2.84. The van der Waals surface area contributed by atoms with Crippen LogP contribution in [0.25, 0.3) is 0 Å². The van der Waals surface area contributed by atoms with Crippen LogP contribution in [0.1, 0.15) is 31.5 Å². The second-order valence-electron chi connectivity index (χ2n) is 5.41. The van der Waals surface area contributed by atoms with Crippen molar-refractivity contribution in [2.75, 3.05) is 6.54 Å². The van der Waals surface area contributed by atoms with Crippen LogP contribution in [-0.4, -0.2) is 38.1 Å². The first-order valence-electron chi connectivity index (χ1n) is 7.11. The van der Waals surface area contributed by atoms with Crippen LogP contribution in [0.2, 0.25) is 0 Å². The van der Waals surface area contributed by atoms with Crippen molar-refractivity contribution in [2.45, 2.75) is 45.2 Å². The molecule has 1 fully saturated rings. The molecule has 116 valence electrons. The molecule has 1 aliphatic carbocycles. The van der Waals surface area contributed by atoms with Crippen LogP contribution in [0.4, 0.5) is 5.82 Å². The SMILES string of the molecule is Cc1ncc([N+](=O)[O-])n1CCNC1CCC(C(=O)O)CC1. The summed E-state index contributed by atoms with van der Waals surface area (Å²) < 4.78 is 1.58. The number of carboxylic acids is 1. The Morgan fingerprint density at radius 1 is 1.52 bits per heavy atom. The van der Waals surface area contributed by atoms with Gasteiger partial charge in [-0.15, -0.1) is 0 Å². The van der Waals surface area contributed by atoms with Gasteiger partial charge in [-0.05, 0) is 30.6 Å². The average Bonchev–Trinajstić information content (AvgIpc) is 2.81. The Labute approximate surface area is 122 Å². The molecule has 0 radical (unpaired) electrons. The van der Waals surface area contributed by atoms with E-state index in [0.717, 1.165) is 12.8 Å². The number of hydrogen-bond acceptors (Lipinski definition) is 5. The van der Waals surface area contributed by atoms with Crippen molar-refractivity contribution < 1.29 is 14.8 Å². The number of aliphatic carboxylic acids is 1. The van der Waals surface area contributed by atoms with E-state index in [1.807, 2.05) is 0 Å². The van der Waals surface area contributed by atoms with Crippen molar-refractivity contribution in [2.24, 2.45) is 5.92 Å². The van der Waals surface area contributed by atoms with Crippen molar-refractivity contribution in [3.05, 3.63) is 22.1 Å². The third-order valence-corrected chi connectivity index (χ3v) is 4.07. The van der Waals surface area contributed by atoms with Crippen molar-refractivity contribution >= 4 is 11.8 Å². The molecule has 1 saturated carbocycles. The molecule has 21 heavy (non-hydrogen) atoms. The first-order chi connectivity index (χ1) is 9.99. The molecule has 8 nitrogen and oxygen atoms in total. The lowest BCUT2D eigenvalue weighted by Gasteiger charge is -2.26. The summed E-state index contributed by atoms with van der Waals surface area (Å²) in [5, 5.41) is 23.2. The summed E-state index contributed by atoms with van der Waals surface area (Å²) in [6.07, 6.45) is 4.33. The first kappa shape index (κ1) is 15.4. The van der Waals surface area contributed by atoms with Gasteiger partial charge in [0.15, 0.2) is 5.82 Å². The number of carbonyl (C=O) groups is 1. The Balaban J connectivity index is 1.79. The van der Waals surface area contributed by atoms with E-state index in [-0.39, 0.29) is 11.7 Å². The summed E-state index contributed by atoms with van der Waals surface area (Å²) in [6, 6.07) is 0.295. The molecule has 0 unspecified atom stereocenters. The summed E-state index contributed by atoms with van der Waals surface area (Å²) in [7, 11) is 0. The lowest BCUT2D eigenvalue weighted by molar-refractivity contribution is -0.392. The van der Waals surface area contributed by atoms with E-state index < -0.39 is 10.9 Å². The highest BCUT2D eigenvalue weighted by Gasteiger charge is 2.25. The largest absolute Gasteiger partial charge is 0.481 e. The smallest absolute Gasteiger partial charge is 0.342 e. The lowest BCUT2D eigenvalue weighted by atomic mass is 9.86. The molecule has 8 heteroatoms. The maximum absolute atomic E-state index is 10.9. The van der Waals surface area contributed by atoms with Gasteiger partial charge in [-0.3, -0.25) is 4.79 Å². The van der Waals surface area contributed by atoms with Crippen molar-refractivity contribution in [3.63, 3.8) is 0 Å². The summed E-state index contributed by atoms with van der Waals surface area (Å²) in [5.74, 6) is -0.305. The van der Waals surface area contributed by atoms with Crippen LogP contribution in [-0.2, 0) is 11.3 Å². The maximum Gasteiger partial charge on any atom is 0.342 e. The van der Waals surface area contributed by atoms with E-state index in [0.29, 0.717) is 37.8 Å². The number of imidazole rings is 1. The Morgan fingerprint density at radius 2 is 2.19 bits per heavy atom. The van der Waals surface area contributed by atoms with Gasteiger partial charge >= 0.3 is 11.8 Å². The van der Waals surface area contributed by atoms with Crippen LogP contribution < -0.4 is 5.32 Å². The van der Waals surface area contributed by atoms with E-state index in [4.69, 9.17) is 5.11 Å². The normalized spacial score (nSPS) is 22.1. The molecule has 1 aromatic rings. The minimum absolute atomic E-state index is 0.00360. The van der Waals surface area contributed by atoms with Gasteiger partial charge < -0.3 is 20.5 Å². The first-order valence-corrected chi connectivity index (χ1v) is 7.11. The molecule has 1 heterocycles. The fraction of sp³-hybridized carbons (Fsp3) is 0.692. The molecule has 0 bridgehead atoms. The lowest BCUT2D eigenvalue weighted by Crippen LogP contribution is -2.36. The van der Waals surface area contributed by atoms with Crippen molar-refractivity contribution in [1.29, 1.82) is 0 Å². The van der Waals surface area contributed by atoms with E-state index in [2.05, 4.69) is 10.3 Å². The highest BCUT2D eigenvalue weighted by molar-refractivity contribution is 5.70. The molecule has 0 amide bonds. The van der Waals surface area contributed by atoms with Gasteiger partial charge in [0.1, 0.15) is 12.7 Å². The van der Waals surface area contributed by atoms with E-state index in [9.17, 15) is 14.9 Å². The number of rotatable bonds is 6. The van der Waals surface area contributed by atoms with Gasteiger partial charge in [0.2, 0.25) is 0 Å². The molecule has 0 aliphatic heterocycles. The number of nitro groups is 1. The van der Waals surface area contributed by atoms with E-state index in [1.165, 1.54) is 6.20 Å². The summed E-state index contributed by atoms with van der Waals surface area (Å²) >= 11 is 0. The minimum Gasteiger partial charge on any atom is -0.481 e. The molecule has 2 rings (SSSR count). The van der Waals surface area contributed by atoms with Crippen LogP contribution >= 0.6 is 0 Å². The predicted octanol–water partition coefficient (Wildman–Crippen LogP) is 1.33. The molecule has 2 N–H and O–H groups in total. The fourth-order valence-electron chi connectivity index (χ4n) is 2.80. The summed E-state index contributed by atoms with van der Waals surface area (Å²) in [5.41, 5.74) is 0. The van der Waals surface area contributed by atoms with Gasteiger partial charge in [0, 0.05) is 19.5 Å². The highest BCUT2D eigenvalue weighted by Crippen LogP contribution is 2.24. The number of nitrogens with one attached hydrogen (secondary N) is 1. The van der Waals surface area contributed by atoms with Crippen molar-refractivity contribution in [3.8, 4) is 0 Å². The van der Waals surface area contributed by atoms with Gasteiger partial charge in [0.05, 0.1) is 5.92 Å². The number of nitrogens with zero attached hydrogens (tertiary/aromatic N) is 3. The zero-order chi connectivity index (χ0) is 15.4. The van der Waals surface area contributed by atoms with Crippen LogP contribution in [0, 0.1) is 23.0 Å². The van der Waals surface area contributed by atoms with Crippen LogP contribution in [0.3, 0.4) is 0 Å². The topological polar surface area (TPSA) is 110 Å². The molecule has 0 spiro atoms. The average molecular weight is 296 g/mol. The molecule has 0 atom stereocenters. The Bertz CT molecular complexity index is 520. The molecule has 0 aromatic carbocycles. The number of aromatic nitrogens is 2. The van der Waals surface area contributed by atoms with E-state index in [1.54, 1.807) is 11.5 Å². The standard InChI is InChI=1S/C13H20N4O4/c1-9-15-8-12(17(20)21)16(9)7-6-14-11-4-2-10(3-5-11)13(18)19/h8,10-11,14H,2-7H2,1H3,(H,18,19). The molecular formula is C13H20N4O4. The highest BCUT2D eigenvalue weighted by atomic mass is 16.6. The molecule has 1 aliphatic rings. The minimum atomic E-state index is -0.710. The third kappa shape index (κ3) is 3.78. The monoisotopic (exact) mass is 296 g/mol. The number of aryl methyl sites for hydroxylation is 1. The second kappa shape index (κ2) is 6.66. The number of hydrogen-bond donors (Lipinski definition) is 2. The van der Waals surface area contributed by atoms with Gasteiger partial charge in [-0.25, -0.2) is 9.55 Å². The van der Waals surface area contributed by atoms with Crippen LogP contribution in [0.5, 0.6) is 0 Å². The quantitative estimate of drug-likeness (QED) is 0.605. The fourth-order valence-corrected chi connectivity index (χ4v) is 2.80. The Hall–Kier alpha value is -1.96. The second-order valence-corrected chi connectivity index (χ2v) is 5.41. The zero-order valence-corrected chi connectivity index (χ0v) is 12.0. The molecule has 0 saturated heterocycles. The molecule has 1 aromatic heterocycles. The van der Waals surface area contributed by atoms with Gasteiger partial charge in [-0.2, -0.15) is 0 Å². The Morgan fingerprint density at radius 3 is 2.76 bits per heavy atom. The maximum atomic E-state index is 10.9. The third-order valence-electron chi connectivity index (χ3n) is 4.07. The van der Waals surface area contributed by atoms with E-state index >= 15 is 0 Å². The molecular weight excluding hydrogens is 276 g/mol. The van der Waals surface area contributed by atoms with Crippen molar-refractivity contribution in [1.82, 2.24) is 14.9 Å².